The Bertz CT molecular complexity index is 1230. The summed E-state index contributed by atoms with van der Waals surface area (Å²) in [6, 6.07) is 0. The molecule has 15 nitrogen and oxygen atoms in total. The fourth-order valence-electron chi connectivity index (χ4n) is 4.52. The van der Waals surface area contributed by atoms with E-state index >= 15 is 0 Å². The molecule has 2 aliphatic heterocycles. The summed E-state index contributed by atoms with van der Waals surface area (Å²) in [5, 5.41) is 48.4. The number of Topliss-reactive ketones (excluding diaryl/α,β-unsaturated/α-hetero) is 6. The van der Waals surface area contributed by atoms with Gasteiger partial charge in [0.25, 0.3) is 23.1 Å². The number of carbonyl (C=O) groups is 6. The van der Waals surface area contributed by atoms with Crippen LogP contribution in [0.1, 0.15) is 104 Å². The minimum Gasteiger partial charge on any atom is -0.390 e. The maximum Gasteiger partial charge on any atom is 0.256 e. The Morgan fingerprint density at radius 2 is 0.780 bits per heavy atom. The van der Waals surface area contributed by atoms with Crippen LogP contribution in [0.15, 0.2) is 0 Å². The molecule has 0 amide bonds. The van der Waals surface area contributed by atoms with Gasteiger partial charge in [-0.05, 0) is 0 Å². The van der Waals surface area contributed by atoms with Gasteiger partial charge in [-0.3, -0.25) is 33.5 Å². The SMILES string of the molecule is CC(C)(C)C(=O)C(=O)CO.CC(C)(C)C(=O)C1(O)COC(CO)(C(=O)C(C)(C)C)O1.CC(C)(C)C(=O)C1(O)COC(O)(C(=O)C(C)(C)C)CO1. The Hall–Kier alpha value is -2.34. The molecule has 0 aromatic carbocycles. The van der Waals surface area contributed by atoms with E-state index in [1.165, 1.54) is 0 Å². The highest BCUT2D eigenvalue weighted by molar-refractivity contribution is 6.39. The van der Waals surface area contributed by atoms with E-state index in [4.69, 9.17) is 24.1 Å². The first-order chi connectivity index (χ1) is 21.9. The third kappa shape index (κ3) is 11.9. The van der Waals surface area contributed by atoms with Crippen LogP contribution in [0.2, 0.25) is 0 Å². The van der Waals surface area contributed by atoms with Crippen molar-refractivity contribution < 1.29 is 73.2 Å². The highest BCUT2D eigenvalue weighted by atomic mass is 16.8. The summed E-state index contributed by atoms with van der Waals surface area (Å²) in [4.78, 5) is 70.2. The van der Waals surface area contributed by atoms with Gasteiger partial charge in [0.2, 0.25) is 11.6 Å². The second-order valence-corrected chi connectivity index (χ2v) is 17.7. The molecule has 2 aliphatic rings. The first kappa shape index (κ1) is 47.7. The van der Waals surface area contributed by atoms with E-state index in [0.29, 0.717) is 0 Å². The van der Waals surface area contributed by atoms with Gasteiger partial charge in [0.1, 0.15) is 33.0 Å². The highest BCUT2D eigenvalue weighted by Crippen LogP contribution is 2.39. The van der Waals surface area contributed by atoms with Gasteiger partial charge in [-0.15, -0.1) is 0 Å². The van der Waals surface area contributed by atoms with Crippen molar-refractivity contribution in [2.75, 3.05) is 33.0 Å². The molecule has 2 saturated heterocycles. The fourth-order valence-corrected chi connectivity index (χ4v) is 4.52. The molecule has 0 aromatic rings. The van der Waals surface area contributed by atoms with E-state index in [1.54, 1.807) is 104 Å². The van der Waals surface area contributed by atoms with Crippen molar-refractivity contribution in [1.29, 1.82) is 0 Å². The smallest absolute Gasteiger partial charge is 0.256 e. The fraction of sp³-hybridized carbons (Fsp3) is 0.829. The summed E-state index contributed by atoms with van der Waals surface area (Å²) in [5.74, 6) is -12.0. The van der Waals surface area contributed by atoms with Gasteiger partial charge in [-0.1, -0.05) is 104 Å². The predicted molar refractivity (Wildman–Crippen MR) is 178 cm³/mol. The highest BCUT2D eigenvalue weighted by Gasteiger charge is 2.61. The molecule has 4 unspecified atom stereocenters. The number of hydrogen-bond donors (Lipinski definition) is 5. The molecule has 50 heavy (non-hydrogen) atoms. The van der Waals surface area contributed by atoms with Gasteiger partial charge in [0.05, 0.1) is 0 Å². The molecule has 0 spiro atoms. The third-order valence-electron chi connectivity index (χ3n) is 7.27. The Labute approximate surface area is 295 Å². The van der Waals surface area contributed by atoms with E-state index in [1.807, 2.05) is 0 Å². The lowest BCUT2D eigenvalue weighted by Gasteiger charge is -2.42. The van der Waals surface area contributed by atoms with Crippen LogP contribution in [-0.2, 0) is 47.7 Å². The Balaban J connectivity index is 0.000000764. The zero-order valence-corrected chi connectivity index (χ0v) is 32.4. The van der Waals surface area contributed by atoms with Crippen LogP contribution in [0.5, 0.6) is 0 Å². The van der Waals surface area contributed by atoms with Crippen LogP contribution < -0.4 is 0 Å². The number of aliphatic hydroxyl groups is 5. The lowest BCUT2D eigenvalue weighted by molar-refractivity contribution is -0.340. The average molecular weight is 721 g/mol. The second kappa shape index (κ2) is 15.7. The molecule has 0 aliphatic carbocycles. The van der Waals surface area contributed by atoms with Crippen LogP contribution in [0.3, 0.4) is 0 Å². The first-order valence-electron chi connectivity index (χ1n) is 16.2. The predicted octanol–water partition coefficient (Wildman–Crippen LogP) is 1.44. The van der Waals surface area contributed by atoms with Gasteiger partial charge in [0, 0.05) is 27.1 Å². The summed E-state index contributed by atoms with van der Waals surface area (Å²) in [6.45, 7) is 21.5. The monoisotopic (exact) mass is 720 g/mol. The molecule has 0 saturated carbocycles. The third-order valence-corrected chi connectivity index (χ3v) is 7.27. The summed E-state index contributed by atoms with van der Waals surface area (Å²) < 4.78 is 20.7. The number of aliphatic hydroxyl groups excluding tert-OH is 2. The van der Waals surface area contributed by atoms with Gasteiger partial charge >= 0.3 is 0 Å². The van der Waals surface area contributed by atoms with E-state index in [0.717, 1.165) is 0 Å². The van der Waals surface area contributed by atoms with E-state index in [2.05, 4.69) is 0 Å². The number of ketones is 6. The van der Waals surface area contributed by atoms with Crippen molar-refractivity contribution in [3.63, 3.8) is 0 Å². The maximum atomic E-state index is 12.3. The van der Waals surface area contributed by atoms with Crippen LogP contribution in [0.4, 0.5) is 0 Å². The van der Waals surface area contributed by atoms with Crippen LogP contribution in [0.25, 0.3) is 0 Å². The number of ether oxygens (including phenoxy) is 4. The number of rotatable bonds is 7. The summed E-state index contributed by atoms with van der Waals surface area (Å²) in [7, 11) is 0. The zero-order valence-electron chi connectivity index (χ0n) is 32.4. The van der Waals surface area contributed by atoms with E-state index in [-0.39, 0.29) is 0 Å². The Morgan fingerprint density at radius 1 is 0.480 bits per heavy atom. The molecule has 2 rings (SSSR count). The molecule has 0 aromatic heterocycles. The second-order valence-electron chi connectivity index (χ2n) is 17.7. The van der Waals surface area contributed by atoms with Gasteiger partial charge in [-0.2, -0.15) is 0 Å². The molecule has 2 heterocycles. The Morgan fingerprint density at radius 3 is 1.00 bits per heavy atom. The quantitative estimate of drug-likeness (QED) is 0.234. The first-order valence-corrected chi connectivity index (χ1v) is 16.2. The topological polar surface area (TPSA) is 240 Å². The molecular formula is C35H60O15. The van der Waals surface area contributed by atoms with E-state index in [9.17, 15) is 49.2 Å². The average Bonchev–Trinajstić information content (AvgIpc) is 3.33. The molecule has 2 fully saturated rings. The molecule has 5 N–H and O–H groups in total. The van der Waals surface area contributed by atoms with Gasteiger partial charge in [-0.25, -0.2) is 0 Å². The lowest BCUT2D eigenvalue weighted by Crippen LogP contribution is -2.63. The summed E-state index contributed by atoms with van der Waals surface area (Å²) >= 11 is 0. The minimum absolute atomic E-state index is 0.481. The molecular weight excluding hydrogens is 660 g/mol. The molecule has 0 radical (unpaired) electrons. The normalized spacial score (nSPS) is 27.6. The zero-order chi connectivity index (χ0) is 40.3. The Kier molecular flexibility index (Phi) is 15.0. The van der Waals surface area contributed by atoms with Crippen LogP contribution >= 0.6 is 0 Å². The van der Waals surface area contributed by atoms with Crippen LogP contribution in [0, 0.1) is 27.1 Å². The summed E-state index contributed by atoms with van der Waals surface area (Å²) in [6.07, 6.45) is 0. The molecule has 0 bridgehead atoms. The van der Waals surface area contributed by atoms with Crippen molar-refractivity contribution >= 4 is 34.7 Å². The molecule has 15 heteroatoms. The minimum atomic E-state index is -2.22. The van der Waals surface area contributed by atoms with Crippen LogP contribution in [-0.4, -0.2) is 116 Å². The van der Waals surface area contributed by atoms with Gasteiger partial charge < -0.3 is 39.7 Å². The lowest BCUT2D eigenvalue weighted by atomic mass is 9.83. The standard InChI is InChI=1S/2C14H24O6.C7H12O3/c1-11(2,3)9(16)13(18)8-19-14(7-15,20-13)10(17)12(4,5)6;1-11(2,3)9(15)13(17)7-20-14(18,8-19-13)10(16)12(4,5)6;1-7(2,3)6(10)5(9)4-8/h15,18H,7-8H2,1-6H3;17-18H,7-8H2,1-6H3;8H,4H2,1-3H3. The van der Waals surface area contributed by atoms with Gasteiger partial charge in [0.15, 0.2) is 23.1 Å². The molecule has 4 atom stereocenters. The van der Waals surface area contributed by atoms with E-state index < -0.39 is 118 Å². The van der Waals surface area contributed by atoms with Crippen molar-refractivity contribution in [2.24, 2.45) is 27.1 Å². The largest absolute Gasteiger partial charge is 0.390 e. The molecule has 290 valence electrons. The van der Waals surface area contributed by atoms with Crippen molar-refractivity contribution in [1.82, 2.24) is 0 Å². The van der Waals surface area contributed by atoms with Crippen molar-refractivity contribution in [3.05, 3.63) is 0 Å². The van der Waals surface area contributed by atoms with Crippen molar-refractivity contribution in [3.8, 4) is 0 Å². The maximum absolute atomic E-state index is 12.3. The summed E-state index contributed by atoms with van der Waals surface area (Å²) in [5.41, 5.74) is -4.05. The van der Waals surface area contributed by atoms with Crippen molar-refractivity contribution in [2.45, 2.75) is 127 Å². The number of hydrogen-bond acceptors (Lipinski definition) is 15. The number of carbonyl (C=O) groups excluding carboxylic acids is 6.